The lowest BCUT2D eigenvalue weighted by Crippen LogP contribution is -2.29. The summed E-state index contributed by atoms with van der Waals surface area (Å²) in [5.41, 5.74) is 1.07. The summed E-state index contributed by atoms with van der Waals surface area (Å²) in [6.07, 6.45) is 3.46. The molecule has 6 nitrogen and oxygen atoms in total. The van der Waals surface area contributed by atoms with E-state index in [-0.39, 0.29) is 18.4 Å². The minimum absolute atomic E-state index is 0.105. The average Bonchev–Trinajstić information content (AvgIpc) is 3.11. The van der Waals surface area contributed by atoms with Gasteiger partial charge in [0, 0.05) is 12.5 Å². The Bertz CT molecular complexity index is 428. The molecule has 0 saturated carbocycles. The molecule has 6 heteroatoms. The van der Waals surface area contributed by atoms with Crippen molar-refractivity contribution in [3.8, 4) is 5.75 Å². The van der Waals surface area contributed by atoms with Gasteiger partial charge in [0.15, 0.2) is 12.0 Å². The van der Waals surface area contributed by atoms with E-state index >= 15 is 0 Å². The van der Waals surface area contributed by atoms with Crippen LogP contribution >= 0.6 is 0 Å². The van der Waals surface area contributed by atoms with Gasteiger partial charge in [-0.25, -0.2) is 0 Å². The Kier molecular flexibility index (Phi) is 6.02. The third-order valence-electron chi connectivity index (χ3n) is 3.60. The third kappa shape index (κ3) is 3.96. The minimum atomic E-state index is -0.153. The molecule has 0 spiro atoms. The summed E-state index contributed by atoms with van der Waals surface area (Å²) >= 11 is 0. The Morgan fingerprint density at radius 2 is 2.14 bits per heavy atom. The quantitative estimate of drug-likeness (QED) is 0.797. The Balaban J connectivity index is 2.23. The highest BCUT2D eigenvalue weighted by atomic mass is 16.7. The second-order valence-corrected chi connectivity index (χ2v) is 5.55. The number of nitrogens with one attached hydrogen (secondary N) is 1. The van der Waals surface area contributed by atoms with E-state index in [0.29, 0.717) is 13.2 Å². The molecule has 21 heavy (non-hydrogen) atoms. The van der Waals surface area contributed by atoms with Crippen LogP contribution in [0.1, 0.15) is 51.4 Å². The van der Waals surface area contributed by atoms with Crippen LogP contribution in [0.5, 0.6) is 5.75 Å². The molecule has 120 valence electrons. The molecule has 1 aromatic heterocycles. The highest BCUT2D eigenvalue weighted by Gasteiger charge is 2.28. The normalized spacial score (nSPS) is 17.6. The molecule has 1 N–H and O–H groups in total. The Hall–Kier alpha value is -1.11. The van der Waals surface area contributed by atoms with Crippen LogP contribution in [-0.4, -0.2) is 42.9 Å². The number of aromatic nitrogens is 2. The van der Waals surface area contributed by atoms with Crippen LogP contribution in [0.25, 0.3) is 0 Å². The lowest BCUT2D eigenvalue weighted by Gasteiger charge is -2.24. The van der Waals surface area contributed by atoms with Gasteiger partial charge in [0.25, 0.3) is 0 Å². The molecule has 0 bridgehead atoms. The molecule has 2 rings (SSSR count). The highest BCUT2D eigenvalue weighted by Crippen LogP contribution is 2.31. The number of hydrogen-bond acceptors (Lipinski definition) is 5. The van der Waals surface area contributed by atoms with E-state index in [0.717, 1.165) is 30.8 Å². The van der Waals surface area contributed by atoms with E-state index in [4.69, 9.17) is 14.2 Å². The summed E-state index contributed by atoms with van der Waals surface area (Å²) < 4.78 is 18.7. The van der Waals surface area contributed by atoms with E-state index < -0.39 is 0 Å². The largest absolute Gasteiger partial charge is 0.493 e. The van der Waals surface area contributed by atoms with Crippen LogP contribution in [0, 0.1) is 0 Å². The first-order valence-corrected chi connectivity index (χ1v) is 7.75. The molecule has 1 saturated heterocycles. The van der Waals surface area contributed by atoms with Crippen molar-refractivity contribution in [2.24, 2.45) is 0 Å². The van der Waals surface area contributed by atoms with Crippen molar-refractivity contribution in [3.63, 3.8) is 0 Å². The van der Waals surface area contributed by atoms with E-state index in [9.17, 15) is 0 Å². The van der Waals surface area contributed by atoms with Crippen LogP contribution in [0.15, 0.2) is 6.20 Å². The lowest BCUT2D eigenvalue weighted by molar-refractivity contribution is -0.0536. The Labute approximate surface area is 126 Å². The molecule has 1 aliphatic heterocycles. The molecular weight excluding hydrogens is 270 g/mol. The van der Waals surface area contributed by atoms with Gasteiger partial charge < -0.3 is 19.5 Å². The molecule has 0 aromatic carbocycles. The number of hydrogen-bond donors (Lipinski definition) is 1. The fourth-order valence-electron chi connectivity index (χ4n) is 2.60. The number of ether oxygens (including phenoxy) is 3. The predicted octanol–water partition coefficient (Wildman–Crippen LogP) is 2.28. The molecule has 0 amide bonds. The second-order valence-electron chi connectivity index (χ2n) is 5.55. The lowest BCUT2D eigenvalue weighted by atomic mass is 10.1. The summed E-state index contributed by atoms with van der Waals surface area (Å²) in [4.78, 5) is 0. The molecule has 0 radical (unpaired) electrons. The number of methoxy groups -OCH3 is 1. The van der Waals surface area contributed by atoms with Crippen molar-refractivity contribution in [3.05, 3.63) is 11.9 Å². The van der Waals surface area contributed by atoms with E-state index in [1.54, 1.807) is 13.3 Å². The van der Waals surface area contributed by atoms with Gasteiger partial charge in [0.1, 0.15) is 0 Å². The summed E-state index contributed by atoms with van der Waals surface area (Å²) in [5.74, 6) is 0.815. The Morgan fingerprint density at radius 3 is 2.71 bits per heavy atom. The van der Waals surface area contributed by atoms with Gasteiger partial charge in [0.2, 0.25) is 0 Å². The van der Waals surface area contributed by atoms with Crippen LogP contribution in [0.2, 0.25) is 0 Å². The van der Waals surface area contributed by atoms with Gasteiger partial charge in [-0.15, -0.1) is 0 Å². The highest BCUT2D eigenvalue weighted by molar-refractivity contribution is 5.29. The summed E-state index contributed by atoms with van der Waals surface area (Å²) in [5, 5.41) is 8.03. The maximum Gasteiger partial charge on any atom is 0.161 e. The van der Waals surface area contributed by atoms with Crippen molar-refractivity contribution in [2.45, 2.75) is 52.0 Å². The molecule has 1 unspecified atom stereocenters. The van der Waals surface area contributed by atoms with Gasteiger partial charge in [-0.1, -0.05) is 6.92 Å². The van der Waals surface area contributed by atoms with Crippen molar-refractivity contribution < 1.29 is 14.2 Å². The average molecular weight is 297 g/mol. The van der Waals surface area contributed by atoms with Gasteiger partial charge in [-0.3, -0.25) is 4.68 Å². The van der Waals surface area contributed by atoms with E-state index in [1.807, 2.05) is 4.68 Å². The maximum atomic E-state index is 5.60. The molecule has 1 fully saturated rings. The van der Waals surface area contributed by atoms with Crippen molar-refractivity contribution in [1.82, 2.24) is 15.1 Å². The van der Waals surface area contributed by atoms with Gasteiger partial charge in [-0.2, -0.15) is 5.10 Å². The van der Waals surface area contributed by atoms with Crippen LogP contribution in [0.3, 0.4) is 0 Å². The SMILES string of the molecule is CCCNC(CC1OCCO1)c1c(OC)cnn1C(C)C. The molecular formula is C15H27N3O3. The zero-order valence-electron chi connectivity index (χ0n) is 13.5. The van der Waals surface area contributed by atoms with Crippen molar-refractivity contribution in [1.29, 1.82) is 0 Å². The van der Waals surface area contributed by atoms with E-state index in [2.05, 4.69) is 31.2 Å². The van der Waals surface area contributed by atoms with Crippen LogP contribution in [-0.2, 0) is 9.47 Å². The zero-order chi connectivity index (χ0) is 15.2. The van der Waals surface area contributed by atoms with Gasteiger partial charge in [0.05, 0.1) is 38.3 Å². The maximum absolute atomic E-state index is 5.60. The van der Waals surface area contributed by atoms with Crippen molar-refractivity contribution in [2.75, 3.05) is 26.9 Å². The van der Waals surface area contributed by atoms with Crippen molar-refractivity contribution >= 4 is 0 Å². The van der Waals surface area contributed by atoms with Crippen LogP contribution < -0.4 is 10.1 Å². The third-order valence-corrected chi connectivity index (χ3v) is 3.60. The first-order valence-electron chi connectivity index (χ1n) is 7.75. The first kappa shape index (κ1) is 16.3. The number of nitrogens with zero attached hydrogens (tertiary/aromatic N) is 2. The van der Waals surface area contributed by atoms with E-state index in [1.165, 1.54) is 0 Å². The summed E-state index contributed by atoms with van der Waals surface area (Å²) in [6, 6.07) is 0.383. The van der Waals surface area contributed by atoms with Crippen LogP contribution in [0.4, 0.5) is 0 Å². The Morgan fingerprint density at radius 1 is 1.43 bits per heavy atom. The first-order chi connectivity index (χ1) is 10.2. The smallest absolute Gasteiger partial charge is 0.161 e. The topological polar surface area (TPSA) is 57.5 Å². The molecule has 2 heterocycles. The standard InChI is InChI=1S/C15H27N3O3/c1-5-6-16-12(9-14-20-7-8-21-14)15-13(19-4)10-17-18(15)11(2)3/h10-12,14,16H,5-9H2,1-4H3. The zero-order valence-corrected chi connectivity index (χ0v) is 13.5. The van der Waals surface area contributed by atoms with Gasteiger partial charge in [-0.05, 0) is 26.8 Å². The number of rotatable bonds is 8. The minimum Gasteiger partial charge on any atom is -0.493 e. The van der Waals surface area contributed by atoms with Gasteiger partial charge >= 0.3 is 0 Å². The monoisotopic (exact) mass is 297 g/mol. The molecule has 0 aliphatic carbocycles. The fraction of sp³-hybridized carbons (Fsp3) is 0.800. The second kappa shape index (κ2) is 7.77. The summed E-state index contributed by atoms with van der Waals surface area (Å²) in [6.45, 7) is 8.68. The fourth-order valence-corrected chi connectivity index (χ4v) is 2.60. The predicted molar refractivity (Wildman–Crippen MR) is 80.5 cm³/mol. The molecule has 1 aromatic rings. The summed E-state index contributed by atoms with van der Waals surface area (Å²) in [7, 11) is 1.69. The molecule has 1 aliphatic rings. The molecule has 1 atom stereocenters.